The first-order valence-electron chi connectivity index (χ1n) is 8.86. The van der Waals surface area contributed by atoms with Crippen LogP contribution >= 0.6 is 0 Å². The predicted molar refractivity (Wildman–Crippen MR) is 103 cm³/mol. The molecule has 0 atom stereocenters. The highest BCUT2D eigenvalue weighted by atomic mass is 16.5. The van der Waals surface area contributed by atoms with E-state index in [9.17, 15) is 4.79 Å². The fourth-order valence-corrected chi connectivity index (χ4v) is 2.82. The van der Waals surface area contributed by atoms with Crippen LogP contribution in [0.2, 0.25) is 0 Å². The van der Waals surface area contributed by atoms with Crippen LogP contribution in [0.3, 0.4) is 0 Å². The molecule has 140 valence electrons. The quantitative estimate of drug-likeness (QED) is 0.660. The van der Waals surface area contributed by atoms with E-state index in [0.29, 0.717) is 23.9 Å². The van der Waals surface area contributed by atoms with E-state index in [4.69, 9.17) is 9.26 Å². The standard InChI is InChI=1S/C21H23N3O3/c1-5-26-18-10-9-17(12-15(18)3)21(25)24(4)13-19-22-20(23-27-19)16-8-6-7-14(2)11-16/h6-12H,5,13H2,1-4H3. The van der Waals surface area contributed by atoms with Crippen LogP contribution in [0.1, 0.15) is 34.3 Å². The second kappa shape index (κ2) is 8.03. The highest BCUT2D eigenvalue weighted by Crippen LogP contribution is 2.21. The van der Waals surface area contributed by atoms with Crippen LogP contribution in [0.25, 0.3) is 11.4 Å². The number of carbonyl (C=O) groups is 1. The molecule has 2 aromatic carbocycles. The fraction of sp³-hybridized carbons (Fsp3) is 0.286. The Balaban J connectivity index is 1.71. The molecule has 1 amide bonds. The maximum Gasteiger partial charge on any atom is 0.254 e. The summed E-state index contributed by atoms with van der Waals surface area (Å²) < 4.78 is 10.8. The summed E-state index contributed by atoms with van der Waals surface area (Å²) in [6.45, 7) is 6.70. The smallest absolute Gasteiger partial charge is 0.254 e. The van der Waals surface area contributed by atoms with Crippen molar-refractivity contribution in [3.63, 3.8) is 0 Å². The first kappa shape index (κ1) is 18.6. The van der Waals surface area contributed by atoms with E-state index >= 15 is 0 Å². The average Bonchev–Trinajstić information content (AvgIpc) is 3.11. The molecule has 0 aliphatic heterocycles. The van der Waals surface area contributed by atoms with Crippen molar-refractivity contribution in [1.82, 2.24) is 15.0 Å². The van der Waals surface area contributed by atoms with E-state index in [1.165, 1.54) is 0 Å². The minimum absolute atomic E-state index is 0.114. The highest BCUT2D eigenvalue weighted by Gasteiger charge is 2.17. The third kappa shape index (κ3) is 4.34. The number of carbonyl (C=O) groups excluding carboxylic acids is 1. The van der Waals surface area contributed by atoms with Gasteiger partial charge in [-0.1, -0.05) is 28.9 Å². The van der Waals surface area contributed by atoms with Gasteiger partial charge in [-0.3, -0.25) is 4.79 Å². The van der Waals surface area contributed by atoms with Gasteiger partial charge in [-0.25, -0.2) is 0 Å². The van der Waals surface area contributed by atoms with Crippen LogP contribution in [-0.2, 0) is 6.54 Å². The van der Waals surface area contributed by atoms with E-state index in [0.717, 1.165) is 22.4 Å². The highest BCUT2D eigenvalue weighted by molar-refractivity contribution is 5.94. The van der Waals surface area contributed by atoms with Crippen molar-refractivity contribution >= 4 is 5.91 Å². The lowest BCUT2D eigenvalue weighted by molar-refractivity contribution is 0.0769. The molecule has 0 aliphatic carbocycles. The first-order chi connectivity index (χ1) is 13.0. The molecule has 1 heterocycles. The number of amides is 1. The lowest BCUT2D eigenvalue weighted by Gasteiger charge is -2.16. The summed E-state index contributed by atoms with van der Waals surface area (Å²) in [6, 6.07) is 13.3. The number of nitrogens with zero attached hydrogens (tertiary/aromatic N) is 3. The lowest BCUT2D eigenvalue weighted by atomic mass is 10.1. The second-order valence-corrected chi connectivity index (χ2v) is 6.46. The topological polar surface area (TPSA) is 68.5 Å². The molecule has 0 saturated carbocycles. The van der Waals surface area contributed by atoms with Crippen molar-refractivity contribution in [2.45, 2.75) is 27.3 Å². The van der Waals surface area contributed by atoms with Crippen molar-refractivity contribution < 1.29 is 14.1 Å². The number of hydrogen-bond donors (Lipinski definition) is 0. The Kier molecular flexibility index (Phi) is 5.54. The van der Waals surface area contributed by atoms with E-state index in [1.54, 1.807) is 18.0 Å². The van der Waals surface area contributed by atoms with E-state index in [1.807, 2.05) is 57.2 Å². The average molecular weight is 365 g/mol. The predicted octanol–water partition coefficient (Wildman–Crippen LogP) is 4.02. The molecule has 0 radical (unpaired) electrons. The maximum atomic E-state index is 12.7. The Bertz CT molecular complexity index is 949. The summed E-state index contributed by atoms with van der Waals surface area (Å²) >= 11 is 0. The molecule has 0 aliphatic rings. The van der Waals surface area contributed by atoms with Crippen molar-refractivity contribution in [3.05, 3.63) is 65.0 Å². The van der Waals surface area contributed by atoms with Gasteiger partial charge in [0.15, 0.2) is 0 Å². The third-order valence-corrected chi connectivity index (χ3v) is 4.19. The van der Waals surface area contributed by atoms with Gasteiger partial charge >= 0.3 is 0 Å². The molecular weight excluding hydrogens is 342 g/mol. The molecule has 0 spiro atoms. The maximum absolute atomic E-state index is 12.7. The zero-order valence-electron chi connectivity index (χ0n) is 16.0. The number of benzene rings is 2. The Hall–Kier alpha value is -3.15. The van der Waals surface area contributed by atoms with Gasteiger partial charge in [0.05, 0.1) is 13.2 Å². The van der Waals surface area contributed by atoms with Crippen LogP contribution in [0.15, 0.2) is 47.0 Å². The SMILES string of the molecule is CCOc1ccc(C(=O)N(C)Cc2nc(-c3cccc(C)c3)no2)cc1C. The van der Waals surface area contributed by atoms with Gasteiger partial charge in [0.25, 0.3) is 5.91 Å². The molecule has 0 fully saturated rings. The van der Waals surface area contributed by atoms with E-state index in [-0.39, 0.29) is 12.5 Å². The zero-order chi connectivity index (χ0) is 19.4. The van der Waals surface area contributed by atoms with Crippen LogP contribution in [0.5, 0.6) is 5.75 Å². The second-order valence-electron chi connectivity index (χ2n) is 6.46. The molecule has 1 aromatic heterocycles. The van der Waals surface area contributed by atoms with Crippen LogP contribution < -0.4 is 4.74 Å². The molecule has 0 saturated heterocycles. The Labute approximate surface area is 158 Å². The summed E-state index contributed by atoms with van der Waals surface area (Å²) in [7, 11) is 1.71. The summed E-state index contributed by atoms with van der Waals surface area (Å²) in [6.07, 6.45) is 0. The van der Waals surface area contributed by atoms with Crippen molar-refractivity contribution in [1.29, 1.82) is 0 Å². The van der Waals surface area contributed by atoms with Gasteiger partial charge in [0, 0.05) is 18.2 Å². The minimum atomic E-state index is -0.114. The van der Waals surface area contributed by atoms with Crippen LogP contribution in [-0.4, -0.2) is 34.6 Å². The number of ether oxygens (including phenoxy) is 1. The fourth-order valence-electron chi connectivity index (χ4n) is 2.82. The van der Waals surface area contributed by atoms with Gasteiger partial charge in [-0.2, -0.15) is 4.98 Å². The Morgan fingerprint density at radius 2 is 2.00 bits per heavy atom. The van der Waals surface area contributed by atoms with Crippen molar-refractivity contribution in [2.75, 3.05) is 13.7 Å². The molecule has 6 nitrogen and oxygen atoms in total. The van der Waals surface area contributed by atoms with Crippen molar-refractivity contribution in [2.24, 2.45) is 0 Å². The normalized spacial score (nSPS) is 10.7. The molecule has 3 aromatic rings. The molecule has 6 heteroatoms. The molecule has 0 unspecified atom stereocenters. The van der Waals surface area contributed by atoms with Gasteiger partial charge in [0.1, 0.15) is 5.75 Å². The number of hydrogen-bond acceptors (Lipinski definition) is 5. The number of rotatable bonds is 6. The molecule has 0 bridgehead atoms. The zero-order valence-corrected chi connectivity index (χ0v) is 16.0. The summed E-state index contributed by atoms with van der Waals surface area (Å²) in [5.41, 5.74) is 3.53. The summed E-state index contributed by atoms with van der Waals surface area (Å²) in [5.74, 6) is 1.59. The van der Waals surface area contributed by atoms with Crippen LogP contribution in [0.4, 0.5) is 0 Å². The number of aryl methyl sites for hydroxylation is 2. The molecule has 0 N–H and O–H groups in total. The largest absolute Gasteiger partial charge is 0.494 e. The van der Waals surface area contributed by atoms with Crippen LogP contribution in [0, 0.1) is 13.8 Å². The minimum Gasteiger partial charge on any atom is -0.494 e. The van der Waals surface area contributed by atoms with Crippen molar-refractivity contribution in [3.8, 4) is 17.1 Å². The van der Waals surface area contributed by atoms with Gasteiger partial charge in [-0.15, -0.1) is 0 Å². The summed E-state index contributed by atoms with van der Waals surface area (Å²) in [5, 5.41) is 4.02. The van der Waals surface area contributed by atoms with E-state index < -0.39 is 0 Å². The number of aromatic nitrogens is 2. The third-order valence-electron chi connectivity index (χ3n) is 4.19. The Morgan fingerprint density at radius 1 is 1.19 bits per heavy atom. The van der Waals surface area contributed by atoms with Gasteiger partial charge < -0.3 is 14.2 Å². The van der Waals surface area contributed by atoms with Gasteiger partial charge in [0.2, 0.25) is 11.7 Å². The van der Waals surface area contributed by atoms with Gasteiger partial charge in [-0.05, 0) is 50.6 Å². The first-order valence-corrected chi connectivity index (χ1v) is 8.86. The molecule has 3 rings (SSSR count). The summed E-state index contributed by atoms with van der Waals surface area (Å²) in [4.78, 5) is 18.6. The molecule has 27 heavy (non-hydrogen) atoms. The monoisotopic (exact) mass is 365 g/mol. The Morgan fingerprint density at radius 3 is 2.70 bits per heavy atom. The molecular formula is C21H23N3O3. The van der Waals surface area contributed by atoms with E-state index in [2.05, 4.69) is 10.1 Å². The lowest BCUT2D eigenvalue weighted by Crippen LogP contribution is -2.26.